The fraction of sp³-hybridized carbons (Fsp3) is 1.00. The first kappa shape index (κ1) is 12.3. The highest BCUT2D eigenvalue weighted by atomic mass is 16.5. The van der Waals surface area contributed by atoms with E-state index in [1.165, 1.54) is 0 Å². The Balaban J connectivity index is 1.72. The fourth-order valence-electron chi connectivity index (χ4n) is 2.42. The van der Waals surface area contributed by atoms with Crippen LogP contribution in [0.1, 0.15) is 33.6 Å². The van der Waals surface area contributed by atoms with Crippen molar-refractivity contribution < 1.29 is 9.47 Å². The molecule has 1 N–H and O–H groups in total. The predicted molar refractivity (Wildman–Crippen MR) is 64.5 cm³/mol. The summed E-state index contributed by atoms with van der Waals surface area (Å²) in [7, 11) is 0. The Hall–Kier alpha value is -0.120. The summed E-state index contributed by atoms with van der Waals surface area (Å²) >= 11 is 0. The van der Waals surface area contributed by atoms with Gasteiger partial charge in [-0.05, 0) is 18.8 Å². The third kappa shape index (κ3) is 2.96. The topological polar surface area (TPSA) is 30.5 Å². The van der Waals surface area contributed by atoms with Gasteiger partial charge in [0, 0.05) is 24.6 Å². The van der Waals surface area contributed by atoms with Crippen molar-refractivity contribution in [1.29, 1.82) is 0 Å². The highest BCUT2D eigenvalue weighted by molar-refractivity contribution is 4.86. The quantitative estimate of drug-likeness (QED) is 0.794. The summed E-state index contributed by atoms with van der Waals surface area (Å²) < 4.78 is 11.0. The summed E-state index contributed by atoms with van der Waals surface area (Å²) in [4.78, 5) is 0. The van der Waals surface area contributed by atoms with Crippen LogP contribution in [-0.2, 0) is 9.47 Å². The Morgan fingerprint density at radius 1 is 1.38 bits per heavy atom. The molecule has 0 spiro atoms. The van der Waals surface area contributed by atoms with E-state index in [-0.39, 0.29) is 0 Å². The first-order valence-electron chi connectivity index (χ1n) is 6.52. The van der Waals surface area contributed by atoms with Gasteiger partial charge in [0.05, 0.1) is 19.3 Å². The van der Waals surface area contributed by atoms with Gasteiger partial charge < -0.3 is 14.8 Å². The van der Waals surface area contributed by atoms with Crippen LogP contribution >= 0.6 is 0 Å². The first-order valence-corrected chi connectivity index (χ1v) is 6.52. The summed E-state index contributed by atoms with van der Waals surface area (Å²) in [5.41, 5.74) is 0.381. The van der Waals surface area contributed by atoms with Gasteiger partial charge in [0.15, 0.2) is 0 Å². The molecule has 0 aromatic carbocycles. The molecule has 0 aliphatic carbocycles. The summed E-state index contributed by atoms with van der Waals surface area (Å²) in [6.45, 7) is 10.6. The van der Waals surface area contributed by atoms with E-state index in [0.717, 1.165) is 39.2 Å². The van der Waals surface area contributed by atoms with Crippen LogP contribution in [0.4, 0.5) is 0 Å². The lowest BCUT2D eigenvalue weighted by Gasteiger charge is -2.40. The fourth-order valence-corrected chi connectivity index (χ4v) is 2.42. The second kappa shape index (κ2) is 5.03. The number of hydrogen-bond donors (Lipinski definition) is 1. The molecule has 2 saturated heterocycles. The molecule has 2 fully saturated rings. The smallest absolute Gasteiger partial charge is 0.0612 e. The van der Waals surface area contributed by atoms with Crippen molar-refractivity contribution in [3.8, 4) is 0 Å². The molecule has 2 aliphatic heterocycles. The number of rotatable bonds is 4. The molecule has 2 heterocycles. The SMILES string of the molecule is CC(C)C1CC(NCC2(C)COC2)CCO1. The molecule has 3 nitrogen and oxygen atoms in total. The predicted octanol–water partition coefficient (Wildman–Crippen LogP) is 1.82. The molecular formula is C13H25NO2. The lowest BCUT2D eigenvalue weighted by molar-refractivity contribution is -0.103. The lowest BCUT2D eigenvalue weighted by Crippen LogP contribution is -2.51. The molecular weight excluding hydrogens is 202 g/mol. The molecule has 2 atom stereocenters. The molecule has 3 heteroatoms. The van der Waals surface area contributed by atoms with E-state index in [4.69, 9.17) is 9.47 Å². The third-order valence-electron chi connectivity index (χ3n) is 3.78. The molecule has 2 rings (SSSR count). The third-order valence-corrected chi connectivity index (χ3v) is 3.78. The molecule has 0 radical (unpaired) electrons. The highest BCUT2D eigenvalue weighted by Crippen LogP contribution is 2.26. The zero-order valence-electron chi connectivity index (χ0n) is 10.8. The molecule has 0 saturated carbocycles. The number of hydrogen-bond acceptors (Lipinski definition) is 3. The minimum atomic E-state index is 0.381. The van der Waals surface area contributed by atoms with Gasteiger partial charge in [0.25, 0.3) is 0 Å². The van der Waals surface area contributed by atoms with Gasteiger partial charge >= 0.3 is 0 Å². The van der Waals surface area contributed by atoms with E-state index in [9.17, 15) is 0 Å². The lowest BCUT2D eigenvalue weighted by atomic mass is 9.87. The van der Waals surface area contributed by atoms with E-state index in [2.05, 4.69) is 26.1 Å². The summed E-state index contributed by atoms with van der Waals surface area (Å²) in [5, 5.41) is 3.69. The normalized spacial score (nSPS) is 33.8. The van der Waals surface area contributed by atoms with Gasteiger partial charge in [-0.1, -0.05) is 20.8 Å². The standard InChI is InChI=1S/C13H25NO2/c1-10(2)12-6-11(4-5-16-12)14-7-13(3)8-15-9-13/h10-12,14H,4-9H2,1-3H3. The summed E-state index contributed by atoms with van der Waals surface area (Å²) in [6.07, 6.45) is 2.76. The van der Waals surface area contributed by atoms with Crippen molar-refractivity contribution in [2.75, 3.05) is 26.4 Å². The first-order chi connectivity index (χ1) is 7.59. The monoisotopic (exact) mass is 227 g/mol. The van der Waals surface area contributed by atoms with Crippen LogP contribution < -0.4 is 5.32 Å². The van der Waals surface area contributed by atoms with Gasteiger partial charge in [-0.2, -0.15) is 0 Å². The van der Waals surface area contributed by atoms with Crippen LogP contribution in [0.2, 0.25) is 0 Å². The van der Waals surface area contributed by atoms with E-state index >= 15 is 0 Å². The zero-order valence-corrected chi connectivity index (χ0v) is 10.8. The van der Waals surface area contributed by atoms with E-state index in [1.807, 2.05) is 0 Å². The minimum Gasteiger partial charge on any atom is -0.380 e. The molecule has 16 heavy (non-hydrogen) atoms. The average molecular weight is 227 g/mol. The van der Waals surface area contributed by atoms with Crippen LogP contribution in [-0.4, -0.2) is 38.5 Å². The zero-order chi connectivity index (χ0) is 11.6. The average Bonchev–Trinajstić information content (AvgIpc) is 2.24. The molecule has 2 unspecified atom stereocenters. The Bertz CT molecular complexity index is 226. The maximum absolute atomic E-state index is 5.78. The minimum absolute atomic E-state index is 0.381. The van der Waals surface area contributed by atoms with Crippen molar-refractivity contribution in [1.82, 2.24) is 5.32 Å². The van der Waals surface area contributed by atoms with Crippen LogP contribution in [0.25, 0.3) is 0 Å². The molecule has 94 valence electrons. The second-order valence-corrected chi connectivity index (χ2v) is 6.06. The Morgan fingerprint density at radius 2 is 2.12 bits per heavy atom. The largest absolute Gasteiger partial charge is 0.380 e. The van der Waals surface area contributed by atoms with E-state index in [0.29, 0.717) is 23.5 Å². The van der Waals surface area contributed by atoms with Crippen LogP contribution in [0.15, 0.2) is 0 Å². The second-order valence-electron chi connectivity index (χ2n) is 6.06. The maximum atomic E-state index is 5.78. The van der Waals surface area contributed by atoms with Crippen molar-refractivity contribution in [2.45, 2.75) is 45.8 Å². The molecule has 0 aromatic rings. The van der Waals surface area contributed by atoms with Crippen molar-refractivity contribution in [3.63, 3.8) is 0 Å². The van der Waals surface area contributed by atoms with Crippen molar-refractivity contribution >= 4 is 0 Å². The molecule has 2 aliphatic rings. The van der Waals surface area contributed by atoms with Crippen LogP contribution in [0.3, 0.4) is 0 Å². The summed E-state index contributed by atoms with van der Waals surface area (Å²) in [6, 6.07) is 0.638. The Morgan fingerprint density at radius 3 is 2.69 bits per heavy atom. The highest BCUT2D eigenvalue weighted by Gasteiger charge is 2.34. The molecule has 0 aromatic heterocycles. The van der Waals surface area contributed by atoms with Gasteiger partial charge in [0.1, 0.15) is 0 Å². The van der Waals surface area contributed by atoms with Crippen LogP contribution in [0, 0.1) is 11.3 Å². The van der Waals surface area contributed by atoms with E-state index < -0.39 is 0 Å². The Kier molecular flexibility index (Phi) is 3.88. The van der Waals surface area contributed by atoms with Crippen LogP contribution in [0.5, 0.6) is 0 Å². The maximum Gasteiger partial charge on any atom is 0.0612 e. The van der Waals surface area contributed by atoms with Gasteiger partial charge in [-0.25, -0.2) is 0 Å². The summed E-state index contributed by atoms with van der Waals surface area (Å²) in [5.74, 6) is 0.632. The molecule has 0 amide bonds. The van der Waals surface area contributed by atoms with E-state index in [1.54, 1.807) is 0 Å². The number of ether oxygens (including phenoxy) is 2. The van der Waals surface area contributed by atoms with Crippen molar-refractivity contribution in [2.24, 2.45) is 11.3 Å². The molecule has 0 bridgehead atoms. The van der Waals surface area contributed by atoms with Gasteiger partial charge in [-0.3, -0.25) is 0 Å². The number of nitrogens with one attached hydrogen (secondary N) is 1. The Labute approximate surface area is 98.9 Å². The van der Waals surface area contributed by atoms with Gasteiger partial charge in [-0.15, -0.1) is 0 Å². The van der Waals surface area contributed by atoms with Gasteiger partial charge in [0.2, 0.25) is 0 Å². The van der Waals surface area contributed by atoms with Crippen molar-refractivity contribution in [3.05, 3.63) is 0 Å².